The van der Waals surface area contributed by atoms with Crippen LogP contribution in [0.4, 0.5) is 132 Å². The molecule has 0 bridgehead atoms. The summed E-state index contributed by atoms with van der Waals surface area (Å²) in [7, 11) is 0. The van der Waals surface area contributed by atoms with Gasteiger partial charge < -0.3 is 10.6 Å². The third-order valence-corrected chi connectivity index (χ3v) is 7.62. The fraction of sp³-hybridized carbons (Fsp3) is 0.909. The van der Waals surface area contributed by atoms with E-state index in [0.29, 0.717) is 0 Å². The van der Waals surface area contributed by atoms with Crippen LogP contribution in [0.3, 0.4) is 0 Å². The Bertz CT molecular complexity index is 1350. The van der Waals surface area contributed by atoms with E-state index in [9.17, 15) is 141 Å². The number of amides is 2. The smallest absolute Gasteiger partial charge is 0.346 e. The first-order chi connectivity index (χ1) is 24.0. The molecule has 34 heteroatoms. The molecule has 1 rings (SSSR count). The number of nitrogens with one attached hydrogen (secondary N) is 2. The molecule has 0 spiro atoms. The third kappa shape index (κ3) is 6.84. The lowest BCUT2D eigenvalue weighted by Gasteiger charge is -2.42. The first-order valence-corrected chi connectivity index (χ1v) is 13.3. The van der Waals surface area contributed by atoms with Crippen molar-refractivity contribution >= 4 is 11.8 Å². The molecule has 0 aromatic carbocycles. The summed E-state index contributed by atoms with van der Waals surface area (Å²) in [6.45, 7) is 0. The number of rotatable bonds is 14. The van der Waals surface area contributed by atoms with E-state index < -0.39 is 133 Å². The van der Waals surface area contributed by atoms with Crippen molar-refractivity contribution in [3.8, 4) is 0 Å². The topological polar surface area (TPSA) is 58.2 Å². The minimum Gasteiger partial charge on any atom is -0.346 e. The zero-order valence-corrected chi connectivity index (χ0v) is 25.1. The van der Waals surface area contributed by atoms with E-state index >= 15 is 0 Å². The van der Waals surface area contributed by atoms with Gasteiger partial charge in [0.15, 0.2) is 0 Å². The fourth-order valence-corrected chi connectivity index (χ4v) is 4.21. The molecule has 2 unspecified atom stereocenters. The second-order valence-corrected chi connectivity index (χ2v) is 11.3. The quantitative estimate of drug-likeness (QED) is 0.171. The maximum absolute atomic E-state index is 14.3. The van der Waals surface area contributed by atoms with Crippen LogP contribution in [0, 0.1) is 0 Å². The van der Waals surface area contributed by atoms with Gasteiger partial charge in [0, 0.05) is 12.1 Å². The minimum atomic E-state index is -8.92. The first kappa shape index (κ1) is 50.9. The van der Waals surface area contributed by atoms with Crippen LogP contribution in [0.1, 0.15) is 25.7 Å². The highest BCUT2D eigenvalue weighted by atomic mass is 19.4. The van der Waals surface area contributed by atoms with Gasteiger partial charge in [-0.1, -0.05) is 12.8 Å². The molecule has 1 aliphatic rings. The standard InChI is InChI=1S/C22H12F30N2O2/c23-9(24,11(27,28)13(31,32)15(35,36)17(39,40)19(43,44)21(47,48)49)7(55)53-5-3-1-2-4-6(5)54-8(56)10(25,26)12(29,30)14(33,34)16(37,38)18(41,42)20(45,46)22(50,51)52/h5-6H,1-4H2,(H,53,55)(H,54,56). The Labute approximate surface area is 286 Å². The van der Waals surface area contributed by atoms with Crippen LogP contribution in [0.15, 0.2) is 0 Å². The van der Waals surface area contributed by atoms with Crippen molar-refractivity contribution < 1.29 is 141 Å². The first-order valence-electron chi connectivity index (χ1n) is 13.3. The van der Waals surface area contributed by atoms with Gasteiger partial charge in [0.2, 0.25) is 0 Å². The SMILES string of the molecule is O=C(NC1CCCCC1NC(=O)C(F)(F)C(F)(F)C(F)(F)C(F)(F)C(F)(F)C(F)(F)C(F)(F)F)C(F)(F)C(F)(F)C(F)(F)C(F)(F)C(F)(F)C(F)(F)C(F)(F)F. The molecule has 0 heterocycles. The number of carbonyl (C=O) groups excluding carboxylic acids is 2. The lowest BCUT2D eigenvalue weighted by atomic mass is 9.88. The van der Waals surface area contributed by atoms with Gasteiger partial charge in [0.1, 0.15) is 0 Å². The zero-order chi connectivity index (χ0) is 45.6. The van der Waals surface area contributed by atoms with Crippen molar-refractivity contribution in [2.75, 3.05) is 0 Å². The Morgan fingerprint density at radius 1 is 0.304 bits per heavy atom. The van der Waals surface area contributed by atoms with Gasteiger partial charge >= 0.3 is 83.4 Å². The average molecular weight is 906 g/mol. The number of alkyl halides is 30. The second-order valence-electron chi connectivity index (χ2n) is 11.3. The number of hydrogen-bond donors (Lipinski definition) is 2. The molecule has 4 nitrogen and oxygen atoms in total. The summed E-state index contributed by atoms with van der Waals surface area (Å²) in [6, 6.07) is -6.07. The van der Waals surface area contributed by atoms with Crippen LogP contribution in [0.5, 0.6) is 0 Å². The van der Waals surface area contributed by atoms with Crippen molar-refractivity contribution in [1.82, 2.24) is 10.6 Å². The van der Waals surface area contributed by atoms with Gasteiger partial charge in [-0.25, -0.2) is 0 Å². The van der Waals surface area contributed by atoms with Crippen molar-refractivity contribution in [1.29, 1.82) is 0 Å². The molecule has 1 saturated carbocycles. The van der Waals surface area contributed by atoms with Crippen molar-refractivity contribution in [3.05, 3.63) is 0 Å². The van der Waals surface area contributed by atoms with Crippen molar-refractivity contribution in [2.24, 2.45) is 0 Å². The predicted octanol–water partition coefficient (Wildman–Crippen LogP) is 9.28. The second kappa shape index (κ2) is 13.7. The highest BCUT2D eigenvalue weighted by molar-refractivity contribution is 5.86. The van der Waals surface area contributed by atoms with Gasteiger partial charge in [-0.2, -0.15) is 132 Å². The van der Waals surface area contributed by atoms with Gasteiger partial charge in [-0.15, -0.1) is 0 Å². The van der Waals surface area contributed by atoms with Gasteiger partial charge in [0.25, 0.3) is 11.8 Å². The Morgan fingerprint density at radius 2 is 0.482 bits per heavy atom. The lowest BCUT2D eigenvalue weighted by Crippen LogP contribution is -2.74. The van der Waals surface area contributed by atoms with E-state index in [2.05, 4.69) is 0 Å². The fourth-order valence-electron chi connectivity index (χ4n) is 4.21. The maximum atomic E-state index is 14.3. The molecule has 0 aliphatic heterocycles. The van der Waals surface area contributed by atoms with E-state index in [-0.39, 0.29) is 10.6 Å². The molecular formula is C22H12F30N2O2. The van der Waals surface area contributed by atoms with Crippen LogP contribution in [0.25, 0.3) is 0 Å². The molecule has 0 aromatic rings. The summed E-state index contributed by atoms with van der Waals surface area (Å²) < 4.78 is 402. The molecule has 2 N–H and O–H groups in total. The van der Waals surface area contributed by atoms with E-state index in [1.807, 2.05) is 0 Å². The monoisotopic (exact) mass is 906 g/mol. The maximum Gasteiger partial charge on any atom is 0.460 e. The van der Waals surface area contributed by atoms with Crippen LogP contribution >= 0.6 is 0 Å². The summed E-state index contributed by atoms with van der Waals surface area (Å²) in [6.07, 6.45) is -20.3. The van der Waals surface area contributed by atoms with Gasteiger partial charge in [0.05, 0.1) is 0 Å². The minimum absolute atomic E-state index is 0.266. The largest absolute Gasteiger partial charge is 0.460 e. The van der Waals surface area contributed by atoms with E-state index in [1.165, 1.54) is 0 Å². The highest BCUT2D eigenvalue weighted by Gasteiger charge is 2.95. The Balaban J connectivity index is 3.56. The van der Waals surface area contributed by atoms with Gasteiger partial charge in [-0.3, -0.25) is 9.59 Å². The summed E-state index contributed by atoms with van der Waals surface area (Å²) in [4.78, 5) is 23.6. The predicted molar refractivity (Wildman–Crippen MR) is 114 cm³/mol. The molecule has 56 heavy (non-hydrogen) atoms. The van der Waals surface area contributed by atoms with Crippen LogP contribution < -0.4 is 10.6 Å². The zero-order valence-electron chi connectivity index (χ0n) is 25.1. The molecular weight excluding hydrogens is 894 g/mol. The Morgan fingerprint density at radius 3 is 0.679 bits per heavy atom. The summed E-state index contributed by atoms with van der Waals surface area (Å²) in [5.41, 5.74) is 0. The van der Waals surface area contributed by atoms with E-state index in [1.54, 1.807) is 0 Å². The molecule has 2 atom stereocenters. The number of hydrogen-bond acceptors (Lipinski definition) is 2. The van der Waals surface area contributed by atoms with E-state index in [0.717, 1.165) is 0 Å². The van der Waals surface area contributed by atoms with Gasteiger partial charge in [-0.05, 0) is 12.8 Å². The Kier molecular flexibility index (Phi) is 12.5. The summed E-state index contributed by atoms with van der Waals surface area (Å²) >= 11 is 0. The van der Waals surface area contributed by atoms with Crippen molar-refractivity contribution in [3.63, 3.8) is 0 Å². The van der Waals surface area contributed by atoms with E-state index in [4.69, 9.17) is 0 Å². The van der Waals surface area contributed by atoms with Crippen LogP contribution in [-0.4, -0.2) is 107 Å². The molecule has 1 fully saturated rings. The lowest BCUT2D eigenvalue weighted by molar-refractivity contribution is -0.449. The average Bonchev–Trinajstić information content (AvgIpc) is 2.99. The Hall–Kier alpha value is -3.16. The molecule has 2 amide bonds. The number of halogens is 30. The van der Waals surface area contributed by atoms with Crippen LogP contribution in [-0.2, 0) is 9.59 Å². The molecule has 0 radical (unpaired) electrons. The summed E-state index contributed by atoms with van der Waals surface area (Å²) in [5.74, 6) is -111. The normalized spacial score (nSPS) is 20.2. The molecule has 0 aromatic heterocycles. The summed E-state index contributed by atoms with van der Waals surface area (Å²) in [5, 5.41) is 0.531. The third-order valence-electron chi connectivity index (χ3n) is 7.62. The molecule has 0 saturated heterocycles. The number of carbonyl (C=O) groups is 2. The molecule has 332 valence electrons. The molecule has 1 aliphatic carbocycles. The van der Waals surface area contributed by atoms with Crippen LogP contribution in [0.2, 0.25) is 0 Å². The highest BCUT2D eigenvalue weighted by Crippen LogP contribution is 2.64. The van der Waals surface area contributed by atoms with Crippen molar-refractivity contribution in [2.45, 2.75) is 121 Å².